The summed E-state index contributed by atoms with van der Waals surface area (Å²) in [5.74, 6) is -0.463. The zero-order chi connectivity index (χ0) is 12.6. The van der Waals surface area contributed by atoms with Crippen LogP contribution in [0.1, 0.15) is 31.2 Å². The second-order valence-corrected chi connectivity index (χ2v) is 3.94. The Labute approximate surface area is 90.6 Å². The summed E-state index contributed by atoms with van der Waals surface area (Å²) >= 11 is 0. The van der Waals surface area contributed by atoms with Gasteiger partial charge in [-0.2, -0.15) is 13.2 Å². The molecule has 0 saturated heterocycles. The fraction of sp³-hybridized carbons (Fsp3) is 0.500. The van der Waals surface area contributed by atoms with Gasteiger partial charge in [0.1, 0.15) is 5.76 Å². The van der Waals surface area contributed by atoms with Crippen LogP contribution >= 0.6 is 0 Å². The van der Waals surface area contributed by atoms with E-state index in [0.29, 0.717) is 0 Å². The molecule has 1 rings (SSSR count). The third kappa shape index (κ3) is 3.37. The smallest absolute Gasteiger partial charge is 0.436 e. The van der Waals surface area contributed by atoms with Gasteiger partial charge in [0.25, 0.3) is 0 Å². The maximum Gasteiger partial charge on any atom is 0.436 e. The zero-order valence-electron chi connectivity index (χ0n) is 9.09. The molecule has 0 aromatic carbocycles. The molecule has 16 heavy (non-hydrogen) atoms. The Hall–Kier alpha value is -1.30. The van der Waals surface area contributed by atoms with E-state index in [4.69, 9.17) is 4.42 Å². The van der Waals surface area contributed by atoms with E-state index < -0.39 is 17.5 Å². The molecule has 90 valence electrons. The van der Waals surface area contributed by atoms with Crippen molar-refractivity contribution < 1.29 is 22.7 Å². The third-order valence-electron chi connectivity index (χ3n) is 1.72. The molecular formula is C10H12F3NO2. The summed E-state index contributed by atoms with van der Waals surface area (Å²) < 4.78 is 41.8. The van der Waals surface area contributed by atoms with Gasteiger partial charge in [0.05, 0.1) is 5.60 Å². The number of oxazole rings is 1. The van der Waals surface area contributed by atoms with E-state index in [1.807, 2.05) is 0 Å². The fourth-order valence-corrected chi connectivity index (χ4v) is 1.03. The number of rotatable bonds is 2. The number of halogens is 3. The van der Waals surface area contributed by atoms with Crippen LogP contribution in [0.3, 0.4) is 0 Å². The first-order chi connectivity index (χ1) is 7.09. The van der Waals surface area contributed by atoms with E-state index in [9.17, 15) is 18.3 Å². The van der Waals surface area contributed by atoms with Crippen LogP contribution in [-0.4, -0.2) is 15.7 Å². The molecule has 0 bridgehead atoms. The first kappa shape index (κ1) is 12.8. The van der Waals surface area contributed by atoms with Gasteiger partial charge in [0, 0.05) is 0 Å². The Morgan fingerprint density at radius 1 is 1.31 bits per heavy atom. The van der Waals surface area contributed by atoms with Gasteiger partial charge in [-0.05, 0) is 32.9 Å². The first-order valence-corrected chi connectivity index (χ1v) is 4.56. The van der Waals surface area contributed by atoms with E-state index in [-0.39, 0.29) is 11.7 Å². The van der Waals surface area contributed by atoms with Gasteiger partial charge in [-0.25, -0.2) is 4.98 Å². The second kappa shape index (κ2) is 3.93. The Balaban J connectivity index is 2.99. The standard InChI is InChI=1S/C10H12F3NO2/c1-6-8(10(11,12)13)14-7(16-6)4-5-9(2,3)15/h4-5,15H,1-3H3/b5-4+. The van der Waals surface area contributed by atoms with Gasteiger partial charge in [-0.3, -0.25) is 0 Å². The van der Waals surface area contributed by atoms with Gasteiger partial charge in [0.2, 0.25) is 5.89 Å². The lowest BCUT2D eigenvalue weighted by molar-refractivity contribution is -0.141. The van der Waals surface area contributed by atoms with E-state index in [1.54, 1.807) is 0 Å². The number of aliphatic hydroxyl groups is 1. The zero-order valence-corrected chi connectivity index (χ0v) is 9.09. The molecule has 0 radical (unpaired) electrons. The number of hydrogen-bond acceptors (Lipinski definition) is 3. The van der Waals surface area contributed by atoms with Gasteiger partial charge in [-0.15, -0.1) is 0 Å². The van der Waals surface area contributed by atoms with Crippen LogP contribution in [-0.2, 0) is 6.18 Å². The lowest BCUT2D eigenvalue weighted by Gasteiger charge is -2.08. The summed E-state index contributed by atoms with van der Waals surface area (Å²) in [5, 5.41) is 9.34. The predicted octanol–water partition coefficient (Wildman–Crippen LogP) is 2.79. The van der Waals surface area contributed by atoms with E-state index in [1.165, 1.54) is 32.9 Å². The molecule has 1 heterocycles. The molecule has 1 aromatic rings. The summed E-state index contributed by atoms with van der Waals surface area (Å²) in [5.41, 5.74) is -2.16. The SMILES string of the molecule is Cc1oc(/C=C/C(C)(C)O)nc1C(F)(F)F. The monoisotopic (exact) mass is 235 g/mol. The number of alkyl halides is 3. The predicted molar refractivity (Wildman–Crippen MR) is 51.6 cm³/mol. The quantitative estimate of drug-likeness (QED) is 0.857. The largest absolute Gasteiger partial charge is 0.441 e. The van der Waals surface area contributed by atoms with Crippen LogP contribution in [0.5, 0.6) is 0 Å². The van der Waals surface area contributed by atoms with Crippen LogP contribution in [0, 0.1) is 6.92 Å². The van der Waals surface area contributed by atoms with E-state index in [0.717, 1.165) is 0 Å². The highest BCUT2D eigenvalue weighted by Gasteiger charge is 2.37. The van der Waals surface area contributed by atoms with Crippen LogP contribution in [0.15, 0.2) is 10.5 Å². The lowest BCUT2D eigenvalue weighted by Crippen LogP contribution is -2.13. The summed E-state index contributed by atoms with van der Waals surface area (Å²) in [6.45, 7) is 4.17. The highest BCUT2D eigenvalue weighted by molar-refractivity contribution is 5.41. The van der Waals surface area contributed by atoms with Crippen molar-refractivity contribution in [2.45, 2.75) is 32.5 Å². The minimum absolute atomic E-state index is 0.174. The van der Waals surface area contributed by atoms with Crippen molar-refractivity contribution in [3.63, 3.8) is 0 Å². The van der Waals surface area contributed by atoms with Gasteiger partial charge >= 0.3 is 6.18 Å². The Morgan fingerprint density at radius 2 is 1.88 bits per heavy atom. The van der Waals surface area contributed by atoms with E-state index in [2.05, 4.69) is 4.98 Å². The van der Waals surface area contributed by atoms with Crippen molar-refractivity contribution in [3.05, 3.63) is 23.4 Å². The van der Waals surface area contributed by atoms with Crippen molar-refractivity contribution in [3.8, 4) is 0 Å². The average Bonchev–Trinajstić information content (AvgIpc) is 2.41. The molecule has 0 atom stereocenters. The molecule has 1 aromatic heterocycles. The van der Waals surface area contributed by atoms with Crippen LogP contribution in [0.4, 0.5) is 13.2 Å². The van der Waals surface area contributed by atoms with Crippen molar-refractivity contribution in [2.75, 3.05) is 0 Å². The fourth-order valence-electron chi connectivity index (χ4n) is 1.03. The highest BCUT2D eigenvalue weighted by atomic mass is 19.4. The van der Waals surface area contributed by atoms with Crippen LogP contribution in [0.2, 0.25) is 0 Å². The lowest BCUT2D eigenvalue weighted by atomic mass is 10.1. The molecule has 0 saturated carbocycles. The number of aryl methyl sites for hydroxylation is 1. The van der Waals surface area contributed by atoms with E-state index >= 15 is 0 Å². The Morgan fingerprint density at radius 3 is 2.25 bits per heavy atom. The maximum absolute atomic E-state index is 12.3. The molecule has 0 spiro atoms. The van der Waals surface area contributed by atoms with Gasteiger partial charge in [-0.1, -0.05) is 0 Å². The van der Waals surface area contributed by atoms with Crippen molar-refractivity contribution in [2.24, 2.45) is 0 Å². The topological polar surface area (TPSA) is 46.3 Å². The maximum atomic E-state index is 12.3. The number of hydrogen-bond donors (Lipinski definition) is 1. The molecule has 0 aliphatic rings. The average molecular weight is 235 g/mol. The minimum atomic E-state index is -4.52. The molecule has 0 aliphatic heterocycles. The summed E-state index contributed by atoms with van der Waals surface area (Å²) in [4.78, 5) is 3.29. The third-order valence-corrected chi connectivity index (χ3v) is 1.72. The van der Waals surface area contributed by atoms with Gasteiger partial charge < -0.3 is 9.52 Å². The van der Waals surface area contributed by atoms with Crippen LogP contribution in [0.25, 0.3) is 6.08 Å². The first-order valence-electron chi connectivity index (χ1n) is 4.56. The van der Waals surface area contributed by atoms with Crippen molar-refractivity contribution in [1.29, 1.82) is 0 Å². The normalized spacial score (nSPS) is 13.7. The Bertz CT molecular complexity index is 399. The van der Waals surface area contributed by atoms with Gasteiger partial charge in [0.15, 0.2) is 5.69 Å². The molecule has 0 aliphatic carbocycles. The molecule has 0 unspecified atom stereocenters. The number of aromatic nitrogens is 1. The highest BCUT2D eigenvalue weighted by Crippen LogP contribution is 2.31. The molecule has 1 N–H and O–H groups in total. The molecule has 0 amide bonds. The van der Waals surface area contributed by atoms with Crippen molar-refractivity contribution >= 4 is 6.08 Å². The van der Waals surface area contributed by atoms with Crippen molar-refractivity contribution in [1.82, 2.24) is 4.98 Å². The molecule has 3 nitrogen and oxygen atoms in total. The second-order valence-electron chi connectivity index (χ2n) is 3.94. The van der Waals surface area contributed by atoms with Crippen LogP contribution < -0.4 is 0 Å². The Kier molecular flexibility index (Phi) is 3.14. The molecular weight excluding hydrogens is 223 g/mol. The molecule has 0 fully saturated rings. The number of nitrogens with zero attached hydrogens (tertiary/aromatic N) is 1. The summed E-state index contributed by atoms with van der Waals surface area (Å²) in [6.07, 6.45) is -2.00. The minimum Gasteiger partial charge on any atom is -0.441 e. The summed E-state index contributed by atoms with van der Waals surface area (Å²) in [6, 6.07) is 0. The summed E-state index contributed by atoms with van der Waals surface area (Å²) in [7, 11) is 0. The molecule has 6 heteroatoms.